The van der Waals surface area contributed by atoms with Crippen LogP contribution < -0.4 is 15.0 Å². The largest absolute Gasteiger partial charge is 0.423 e. The summed E-state index contributed by atoms with van der Waals surface area (Å²) < 4.78 is 5.22. The SMILES string of the molecule is CC(=O)Nc1ccc(OC(=O)/C=C/c2ccc(N3CCCC3=O)cc2)cc1. The molecule has 1 aliphatic rings. The zero-order valence-electron chi connectivity index (χ0n) is 15.0. The monoisotopic (exact) mass is 364 g/mol. The number of hydrogen-bond donors (Lipinski definition) is 1. The summed E-state index contributed by atoms with van der Waals surface area (Å²) in [6, 6.07) is 14.0. The second-order valence-electron chi connectivity index (χ2n) is 6.20. The number of hydrogen-bond acceptors (Lipinski definition) is 4. The summed E-state index contributed by atoms with van der Waals surface area (Å²) in [4.78, 5) is 36.4. The van der Waals surface area contributed by atoms with E-state index in [1.54, 1.807) is 35.2 Å². The lowest BCUT2D eigenvalue weighted by Gasteiger charge is -2.15. The highest BCUT2D eigenvalue weighted by Crippen LogP contribution is 2.22. The molecule has 0 aromatic heterocycles. The zero-order chi connectivity index (χ0) is 19.2. The molecule has 0 aliphatic carbocycles. The van der Waals surface area contributed by atoms with Gasteiger partial charge in [-0.3, -0.25) is 9.59 Å². The maximum Gasteiger partial charge on any atom is 0.336 e. The summed E-state index contributed by atoms with van der Waals surface area (Å²) in [5, 5.41) is 2.64. The molecule has 6 nitrogen and oxygen atoms in total. The van der Waals surface area contributed by atoms with Crippen LogP contribution in [0.4, 0.5) is 11.4 Å². The topological polar surface area (TPSA) is 75.7 Å². The number of amides is 2. The van der Waals surface area contributed by atoms with E-state index in [2.05, 4.69) is 5.32 Å². The Morgan fingerprint density at radius 3 is 2.37 bits per heavy atom. The Labute approximate surface area is 157 Å². The van der Waals surface area contributed by atoms with Gasteiger partial charge in [0.05, 0.1) is 0 Å². The van der Waals surface area contributed by atoms with Gasteiger partial charge in [-0.05, 0) is 54.5 Å². The molecule has 2 amide bonds. The number of carbonyl (C=O) groups is 3. The number of esters is 1. The second-order valence-corrected chi connectivity index (χ2v) is 6.20. The van der Waals surface area contributed by atoms with E-state index in [9.17, 15) is 14.4 Å². The molecule has 1 saturated heterocycles. The molecule has 0 bridgehead atoms. The van der Waals surface area contributed by atoms with Gasteiger partial charge in [-0.2, -0.15) is 0 Å². The third-order valence-corrected chi connectivity index (χ3v) is 4.08. The van der Waals surface area contributed by atoms with Crippen molar-refractivity contribution in [2.45, 2.75) is 19.8 Å². The molecule has 1 aliphatic heterocycles. The Kier molecular flexibility index (Phi) is 5.66. The fourth-order valence-electron chi connectivity index (χ4n) is 2.81. The minimum atomic E-state index is -0.499. The second kappa shape index (κ2) is 8.31. The third kappa shape index (κ3) is 5.04. The Morgan fingerprint density at radius 1 is 1.07 bits per heavy atom. The molecule has 27 heavy (non-hydrogen) atoms. The van der Waals surface area contributed by atoms with Crippen molar-refractivity contribution in [3.63, 3.8) is 0 Å². The predicted molar refractivity (Wildman–Crippen MR) is 103 cm³/mol. The number of nitrogens with zero attached hydrogens (tertiary/aromatic N) is 1. The maximum atomic E-state index is 11.9. The summed E-state index contributed by atoms with van der Waals surface area (Å²) in [5.74, 6) is -0.128. The normalized spacial score (nSPS) is 13.8. The van der Waals surface area contributed by atoms with E-state index < -0.39 is 5.97 Å². The van der Waals surface area contributed by atoms with Gasteiger partial charge in [-0.25, -0.2) is 4.79 Å². The van der Waals surface area contributed by atoms with Crippen LogP contribution in [0.1, 0.15) is 25.3 Å². The third-order valence-electron chi connectivity index (χ3n) is 4.08. The van der Waals surface area contributed by atoms with Crippen LogP contribution in [0.15, 0.2) is 54.6 Å². The highest BCUT2D eigenvalue weighted by molar-refractivity contribution is 5.95. The van der Waals surface area contributed by atoms with E-state index in [4.69, 9.17) is 4.74 Å². The molecule has 3 rings (SSSR count). The van der Waals surface area contributed by atoms with E-state index in [1.807, 2.05) is 24.3 Å². The number of anilines is 2. The molecule has 0 radical (unpaired) electrons. The standard InChI is InChI=1S/C21H20N2O4/c1-15(24)22-17-7-11-19(12-8-17)27-21(26)13-6-16-4-9-18(10-5-16)23-14-2-3-20(23)25/h4-13H,2-3,14H2,1H3,(H,22,24)/b13-6+. The predicted octanol–water partition coefficient (Wildman–Crippen LogP) is 3.39. The number of carbonyl (C=O) groups excluding carboxylic acids is 3. The van der Waals surface area contributed by atoms with Gasteiger partial charge >= 0.3 is 5.97 Å². The molecule has 1 heterocycles. The fourth-order valence-corrected chi connectivity index (χ4v) is 2.81. The van der Waals surface area contributed by atoms with Crippen LogP contribution in [-0.4, -0.2) is 24.3 Å². The van der Waals surface area contributed by atoms with Gasteiger partial charge in [0.2, 0.25) is 11.8 Å². The summed E-state index contributed by atoms with van der Waals surface area (Å²) in [6.07, 6.45) is 4.48. The molecule has 0 atom stereocenters. The minimum absolute atomic E-state index is 0.145. The average Bonchev–Trinajstić information content (AvgIpc) is 3.08. The molecule has 0 unspecified atom stereocenters. The molecule has 1 N–H and O–H groups in total. The Hall–Kier alpha value is -3.41. The van der Waals surface area contributed by atoms with Gasteiger partial charge in [0.1, 0.15) is 5.75 Å². The maximum absolute atomic E-state index is 11.9. The minimum Gasteiger partial charge on any atom is -0.423 e. The van der Waals surface area contributed by atoms with Gasteiger partial charge in [0, 0.05) is 37.3 Å². The highest BCUT2D eigenvalue weighted by Gasteiger charge is 2.21. The summed E-state index contributed by atoms with van der Waals surface area (Å²) in [7, 11) is 0. The quantitative estimate of drug-likeness (QED) is 0.501. The Bertz CT molecular complexity index is 870. The number of benzene rings is 2. The van der Waals surface area contributed by atoms with Gasteiger partial charge in [-0.15, -0.1) is 0 Å². The first-order valence-corrected chi connectivity index (χ1v) is 8.69. The van der Waals surface area contributed by atoms with Gasteiger partial charge in [-0.1, -0.05) is 12.1 Å². The molecule has 2 aromatic rings. The molecule has 1 fully saturated rings. The Balaban J connectivity index is 1.56. The Morgan fingerprint density at radius 2 is 1.78 bits per heavy atom. The molecular formula is C21H20N2O4. The van der Waals surface area contributed by atoms with Crippen LogP contribution in [0.3, 0.4) is 0 Å². The summed E-state index contributed by atoms with van der Waals surface area (Å²) >= 11 is 0. The fraction of sp³-hybridized carbons (Fsp3) is 0.190. The van der Waals surface area contributed by atoms with Crippen molar-refractivity contribution < 1.29 is 19.1 Å². The van der Waals surface area contributed by atoms with Crippen molar-refractivity contribution in [2.75, 3.05) is 16.8 Å². The van der Waals surface area contributed by atoms with Crippen molar-refractivity contribution in [3.05, 3.63) is 60.2 Å². The molecular weight excluding hydrogens is 344 g/mol. The summed E-state index contributed by atoms with van der Waals surface area (Å²) in [6.45, 7) is 2.18. The van der Waals surface area contributed by atoms with Crippen molar-refractivity contribution >= 4 is 35.2 Å². The van der Waals surface area contributed by atoms with Gasteiger partial charge < -0.3 is 15.0 Å². The van der Waals surface area contributed by atoms with Gasteiger partial charge in [0.25, 0.3) is 0 Å². The van der Waals surface area contributed by atoms with Crippen LogP contribution in [0.25, 0.3) is 6.08 Å². The molecule has 2 aromatic carbocycles. The average molecular weight is 364 g/mol. The summed E-state index contributed by atoms with van der Waals surface area (Å²) in [5.41, 5.74) is 2.34. The number of rotatable bonds is 5. The molecule has 0 spiro atoms. The zero-order valence-corrected chi connectivity index (χ0v) is 15.0. The lowest BCUT2D eigenvalue weighted by Crippen LogP contribution is -2.23. The first-order chi connectivity index (χ1) is 13.0. The van der Waals surface area contributed by atoms with E-state index >= 15 is 0 Å². The van der Waals surface area contributed by atoms with Crippen molar-refractivity contribution in [1.82, 2.24) is 0 Å². The van der Waals surface area contributed by atoms with Gasteiger partial charge in [0.15, 0.2) is 0 Å². The van der Waals surface area contributed by atoms with Crippen molar-refractivity contribution in [1.29, 1.82) is 0 Å². The van der Waals surface area contributed by atoms with Crippen LogP contribution >= 0.6 is 0 Å². The van der Waals surface area contributed by atoms with Crippen LogP contribution in [0, 0.1) is 0 Å². The smallest absolute Gasteiger partial charge is 0.336 e. The lowest BCUT2D eigenvalue weighted by atomic mass is 10.2. The molecule has 6 heteroatoms. The molecule has 138 valence electrons. The van der Waals surface area contributed by atoms with E-state index in [1.165, 1.54) is 13.0 Å². The van der Waals surface area contributed by atoms with E-state index in [-0.39, 0.29) is 11.8 Å². The highest BCUT2D eigenvalue weighted by atomic mass is 16.5. The van der Waals surface area contributed by atoms with Crippen LogP contribution in [0.5, 0.6) is 5.75 Å². The van der Waals surface area contributed by atoms with Crippen LogP contribution in [0.2, 0.25) is 0 Å². The van der Waals surface area contributed by atoms with E-state index in [0.717, 1.165) is 24.2 Å². The van der Waals surface area contributed by atoms with Crippen molar-refractivity contribution in [2.24, 2.45) is 0 Å². The first-order valence-electron chi connectivity index (χ1n) is 8.69. The first kappa shape index (κ1) is 18.4. The lowest BCUT2D eigenvalue weighted by molar-refractivity contribution is -0.129. The van der Waals surface area contributed by atoms with Crippen molar-refractivity contribution in [3.8, 4) is 5.75 Å². The molecule has 0 saturated carbocycles. The van der Waals surface area contributed by atoms with E-state index in [0.29, 0.717) is 17.9 Å². The van der Waals surface area contributed by atoms with Crippen LogP contribution in [-0.2, 0) is 14.4 Å². The number of nitrogens with one attached hydrogen (secondary N) is 1. The number of ether oxygens (including phenoxy) is 1.